The van der Waals surface area contributed by atoms with E-state index in [1.165, 1.54) is 6.42 Å². The van der Waals surface area contributed by atoms with E-state index in [1.807, 2.05) is 30.1 Å². The lowest BCUT2D eigenvalue weighted by atomic mass is 9.76. The molecule has 1 saturated heterocycles. The van der Waals surface area contributed by atoms with Crippen molar-refractivity contribution in [2.24, 2.45) is 30.7 Å². The van der Waals surface area contributed by atoms with Gasteiger partial charge in [0.25, 0.3) is 0 Å². The Bertz CT molecular complexity index is 1470. The van der Waals surface area contributed by atoms with Crippen LogP contribution in [0.25, 0.3) is 10.9 Å². The van der Waals surface area contributed by atoms with Crippen LogP contribution in [0.1, 0.15) is 102 Å². The van der Waals surface area contributed by atoms with Crippen LogP contribution in [0.2, 0.25) is 0 Å². The maximum Gasteiger partial charge on any atom is 0.407 e. The summed E-state index contributed by atoms with van der Waals surface area (Å²) in [5.74, 6) is -0.412. The van der Waals surface area contributed by atoms with Gasteiger partial charge in [-0.25, -0.2) is 14.0 Å². The largest absolute Gasteiger partial charge is 0.461 e. The number of carbonyl (C=O) groups excluding carboxylic acids is 4. The van der Waals surface area contributed by atoms with Crippen LogP contribution in [0, 0.1) is 23.7 Å². The molecular formula is C37H53FN4O6. The number of carbonyl (C=O) groups is 4. The molecule has 2 saturated carbocycles. The molecule has 3 amide bonds. The summed E-state index contributed by atoms with van der Waals surface area (Å²) < 4.78 is 26.4. The van der Waals surface area contributed by atoms with Gasteiger partial charge in [0, 0.05) is 36.1 Å². The molecule has 264 valence electrons. The lowest BCUT2D eigenvalue weighted by Gasteiger charge is -2.37. The number of fused-ring (bicyclic) bond motifs is 1. The number of hydrogen-bond acceptors (Lipinski definition) is 6. The van der Waals surface area contributed by atoms with Gasteiger partial charge in [0.1, 0.15) is 24.0 Å². The Balaban J connectivity index is 1.29. The number of nitrogens with zero attached hydrogens (tertiary/aromatic N) is 2. The van der Waals surface area contributed by atoms with Gasteiger partial charge in [0.15, 0.2) is 0 Å². The third-order valence-corrected chi connectivity index (χ3v) is 10.6. The zero-order valence-corrected chi connectivity index (χ0v) is 29.2. The second-order valence-electron chi connectivity index (χ2n) is 14.9. The molecule has 48 heavy (non-hydrogen) atoms. The lowest BCUT2D eigenvalue weighted by Crippen LogP contribution is -2.50. The maximum absolute atomic E-state index is 14.2. The summed E-state index contributed by atoms with van der Waals surface area (Å²) in [7, 11) is 1.81. The number of rotatable bonds is 9. The van der Waals surface area contributed by atoms with Crippen LogP contribution in [-0.4, -0.2) is 70.9 Å². The summed E-state index contributed by atoms with van der Waals surface area (Å²) in [5.41, 5.74) is 1.23. The molecular weight excluding hydrogens is 615 g/mol. The van der Waals surface area contributed by atoms with E-state index in [-0.39, 0.29) is 36.2 Å². The lowest BCUT2D eigenvalue weighted by molar-refractivity contribution is -0.142. The van der Waals surface area contributed by atoms with Crippen molar-refractivity contribution in [3.8, 4) is 0 Å². The average Bonchev–Trinajstić information content (AvgIpc) is 3.65. The molecule has 10 nitrogen and oxygen atoms in total. The highest BCUT2D eigenvalue weighted by atomic mass is 19.1. The van der Waals surface area contributed by atoms with Crippen LogP contribution in [-0.2, 0) is 26.1 Å². The molecule has 2 N–H and O–H groups in total. The molecule has 0 unspecified atom stereocenters. The van der Waals surface area contributed by atoms with Crippen molar-refractivity contribution in [2.45, 2.75) is 110 Å². The topological polar surface area (TPSA) is 119 Å². The number of amides is 3. The first kappa shape index (κ1) is 35.7. The fraction of sp³-hybridized carbons (Fsp3) is 0.676. The predicted octanol–water partition coefficient (Wildman–Crippen LogP) is 6.76. The van der Waals surface area contributed by atoms with E-state index in [4.69, 9.17) is 9.47 Å². The quantitative estimate of drug-likeness (QED) is 0.285. The normalized spacial score (nSPS) is 24.2. The van der Waals surface area contributed by atoms with Gasteiger partial charge >= 0.3 is 12.1 Å². The zero-order chi connectivity index (χ0) is 34.6. The molecule has 5 rings (SSSR count). The van der Waals surface area contributed by atoms with Gasteiger partial charge in [-0.3, -0.25) is 9.59 Å². The monoisotopic (exact) mass is 668 g/mol. The van der Waals surface area contributed by atoms with Crippen LogP contribution in [0.4, 0.5) is 14.9 Å². The van der Waals surface area contributed by atoms with Crippen molar-refractivity contribution in [1.29, 1.82) is 0 Å². The second kappa shape index (κ2) is 15.3. The van der Waals surface area contributed by atoms with Crippen LogP contribution in [0.15, 0.2) is 24.3 Å². The number of alkyl halides is 1. The third kappa shape index (κ3) is 8.14. The first-order valence-electron chi connectivity index (χ1n) is 17.8. The summed E-state index contributed by atoms with van der Waals surface area (Å²) in [6.45, 7) is 7.21. The first-order chi connectivity index (χ1) is 22.9. The van der Waals surface area contributed by atoms with Gasteiger partial charge in [-0.05, 0) is 102 Å². The van der Waals surface area contributed by atoms with Crippen molar-refractivity contribution in [1.82, 2.24) is 14.8 Å². The van der Waals surface area contributed by atoms with Crippen molar-refractivity contribution in [3.05, 3.63) is 30.0 Å². The Morgan fingerprint density at radius 2 is 1.69 bits per heavy atom. The van der Waals surface area contributed by atoms with E-state index >= 15 is 0 Å². The highest BCUT2D eigenvalue weighted by molar-refractivity contribution is 6.01. The number of esters is 1. The standard InChI is InChI=1S/C37H53FN4O6/c1-6-47-35(45)31-21-26-20-27(16-17-30(26)41(31)5)39-33(43)32-28(23-10-8-7-9-11-23)18-19-42(32)34(44)25-14-12-24(13-15-25)29(22-38)40-36(46)48-37(2,3)4/h16-17,20-21,23-25,28-29,32H,6-15,18-19,22H2,1-5H3,(H,39,43)(H,40,46)/t24?,25?,28-,29+,32+/m0/s1. The van der Waals surface area contributed by atoms with Crippen molar-refractivity contribution in [2.75, 3.05) is 25.1 Å². The van der Waals surface area contributed by atoms with E-state index in [0.29, 0.717) is 49.5 Å². The number of alkyl carbamates (subject to hydrolysis) is 1. The summed E-state index contributed by atoms with van der Waals surface area (Å²) >= 11 is 0. The molecule has 3 fully saturated rings. The molecule has 11 heteroatoms. The molecule has 1 aromatic carbocycles. The molecule has 3 aliphatic rings. The third-order valence-electron chi connectivity index (χ3n) is 10.6. The van der Waals surface area contributed by atoms with E-state index in [0.717, 1.165) is 43.0 Å². The van der Waals surface area contributed by atoms with Crippen LogP contribution in [0.3, 0.4) is 0 Å². The molecule has 2 heterocycles. The van der Waals surface area contributed by atoms with Crippen LogP contribution in [0.5, 0.6) is 0 Å². The molecule has 1 aromatic heterocycles. The average molecular weight is 669 g/mol. The molecule has 0 bridgehead atoms. The fourth-order valence-electron chi connectivity index (χ4n) is 8.24. The van der Waals surface area contributed by atoms with Crippen molar-refractivity contribution < 1.29 is 33.0 Å². The summed E-state index contributed by atoms with van der Waals surface area (Å²) in [5, 5.41) is 6.64. The van der Waals surface area contributed by atoms with Crippen LogP contribution >= 0.6 is 0 Å². The van der Waals surface area contributed by atoms with Gasteiger partial charge in [-0.1, -0.05) is 32.1 Å². The van der Waals surface area contributed by atoms with E-state index in [1.54, 1.807) is 38.3 Å². The number of likely N-dealkylation sites (tertiary alicyclic amines) is 1. The van der Waals surface area contributed by atoms with Gasteiger partial charge in [0.2, 0.25) is 11.8 Å². The summed E-state index contributed by atoms with van der Waals surface area (Å²) in [4.78, 5) is 54.9. The van der Waals surface area contributed by atoms with Crippen LogP contribution < -0.4 is 10.6 Å². The summed E-state index contributed by atoms with van der Waals surface area (Å²) in [6.07, 6.45) is 8.21. The highest BCUT2D eigenvalue weighted by Crippen LogP contribution is 2.41. The number of benzene rings is 1. The molecule has 0 radical (unpaired) electrons. The number of aryl methyl sites for hydroxylation is 1. The summed E-state index contributed by atoms with van der Waals surface area (Å²) in [6, 6.07) is 6.12. The van der Waals surface area contributed by atoms with Gasteiger partial charge < -0.3 is 29.6 Å². The molecule has 0 spiro atoms. The second-order valence-corrected chi connectivity index (χ2v) is 14.9. The Hall–Kier alpha value is -3.63. The number of aromatic nitrogens is 1. The van der Waals surface area contributed by atoms with E-state index in [2.05, 4.69) is 10.6 Å². The zero-order valence-electron chi connectivity index (χ0n) is 29.2. The van der Waals surface area contributed by atoms with Crippen molar-refractivity contribution in [3.63, 3.8) is 0 Å². The maximum atomic E-state index is 14.2. The number of anilines is 1. The number of hydrogen-bond donors (Lipinski definition) is 2. The molecule has 2 aromatic rings. The van der Waals surface area contributed by atoms with E-state index < -0.39 is 36.4 Å². The molecule has 1 aliphatic heterocycles. The minimum atomic E-state index is -0.696. The Labute approximate surface area is 283 Å². The smallest absolute Gasteiger partial charge is 0.407 e. The number of nitrogens with one attached hydrogen (secondary N) is 2. The minimum absolute atomic E-state index is 0.00130. The molecule has 3 atom stereocenters. The SMILES string of the molecule is CCOC(=O)c1cc2cc(NC(=O)[C@H]3[C@H](C4CCCCC4)CCN3C(=O)C3CCC([C@@H](CF)NC(=O)OC(C)(C)C)CC3)ccc2n1C. The molecule has 2 aliphatic carbocycles. The number of halogens is 1. The Morgan fingerprint density at radius 3 is 2.33 bits per heavy atom. The van der Waals surface area contributed by atoms with E-state index in [9.17, 15) is 23.6 Å². The number of ether oxygens (including phenoxy) is 2. The van der Waals surface area contributed by atoms with Gasteiger partial charge in [0.05, 0.1) is 12.6 Å². The van der Waals surface area contributed by atoms with Crippen molar-refractivity contribution >= 4 is 40.5 Å². The Morgan fingerprint density at radius 1 is 0.979 bits per heavy atom. The fourth-order valence-corrected chi connectivity index (χ4v) is 8.24. The first-order valence-corrected chi connectivity index (χ1v) is 17.8. The predicted molar refractivity (Wildman–Crippen MR) is 182 cm³/mol. The van der Waals surface area contributed by atoms with Gasteiger partial charge in [-0.15, -0.1) is 0 Å². The minimum Gasteiger partial charge on any atom is -0.461 e. The Kier molecular flexibility index (Phi) is 11.4. The van der Waals surface area contributed by atoms with Gasteiger partial charge in [-0.2, -0.15) is 0 Å². The highest BCUT2D eigenvalue weighted by Gasteiger charge is 2.47.